The van der Waals surface area contributed by atoms with E-state index >= 15 is 0 Å². The van der Waals surface area contributed by atoms with Crippen molar-refractivity contribution in [2.24, 2.45) is 0 Å². The van der Waals surface area contributed by atoms with Gasteiger partial charge in [0.1, 0.15) is 6.10 Å². The van der Waals surface area contributed by atoms with Gasteiger partial charge in [0.2, 0.25) is 0 Å². The Morgan fingerprint density at radius 3 is 1.17 bits per heavy atom. The molecular formula is C42H80O4. The zero-order chi connectivity index (χ0) is 33.6. The number of esters is 1. The molecule has 46 heavy (non-hydrogen) atoms. The SMILES string of the molecule is CCCCCCCC/C=C\CCCCCCCC(=O)OC(CCCCCCC)CCCCCCCCCCCCCCCC(=O)O. The standard InChI is InChI=1S/C42H80O4/c1-3-5-7-9-10-11-12-13-14-18-21-24-27-31-35-39-42(45)46-40(36-32-28-8-6-4-2)37-33-29-25-22-19-16-15-17-20-23-26-30-34-38-41(43)44/h13-14,40H,3-12,15-39H2,1-2H3,(H,43,44)/b14-13-. The van der Waals surface area contributed by atoms with E-state index in [0.717, 1.165) is 38.5 Å². The van der Waals surface area contributed by atoms with E-state index in [4.69, 9.17) is 9.84 Å². The van der Waals surface area contributed by atoms with Crippen molar-refractivity contribution in [3.05, 3.63) is 12.2 Å². The highest BCUT2D eigenvalue weighted by molar-refractivity contribution is 5.69. The smallest absolute Gasteiger partial charge is 0.306 e. The first-order valence-corrected chi connectivity index (χ1v) is 20.7. The fourth-order valence-corrected chi connectivity index (χ4v) is 6.42. The minimum absolute atomic E-state index is 0.0384. The summed E-state index contributed by atoms with van der Waals surface area (Å²) >= 11 is 0. The highest BCUT2D eigenvalue weighted by Crippen LogP contribution is 2.19. The number of allylic oxidation sites excluding steroid dienone is 2. The Morgan fingerprint density at radius 1 is 0.457 bits per heavy atom. The van der Waals surface area contributed by atoms with Crippen molar-refractivity contribution in [2.45, 2.75) is 245 Å². The van der Waals surface area contributed by atoms with Crippen LogP contribution >= 0.6 is 0 Å². The second kappa shape index (κ2) is 38.1. The molecular weight excluding hydrogens is 568 g/mol. The first-order valence-electron chi connectivity index (χ1n) is 20.7. The van der Waals surface area contributed by atoms with Crippen LogP contribution in [0.1, 0.15) is 239 Å². The van der Waals surface area contributed by atoms with Crippen molar-refractivity contribution in [1.29, 1.82) is 0 Å². The van der Waals surface area contributed by atoms with E-state index < -0.39 is 5.97 Å². The molecule has 0 bridgehead atoms. The summed E-state index contributed by atoms with van der Waals surface area (Å²) in [4.78, 5) is 23.2. The normalized spacial score (nSPS) is 12.2. The Morgan fingerprint density at radius 2 is 0.783 bits per heavy atom. The van der Waals surface area contributed by atoms with E-state index in [1.807, 2.05) is 0 Å². The molecule has 0 aliphatic heterocycles. The minimum Gasteiger partial charge on any atom is -0.481 e. The summed E-state index contributed by atoms with van der Waals surface area (Å²) in [6.45, 7) is 4.54. The Labute approximate surface area is 287 Å². The molecule has 1 atom stereocenters. The van der Waals surface area contributed by atoms with Crippen LogP contribution in [0, 0.1) is 0 Å². The molecule has 0 aliphatic carbocycles. The third kappa shape index (κ3) is 37.1. The Bertz CT molecular complexity index is 658. The molecule has 0 aromatic carbocycles. The number of carboxylic acids is 1. The molecule has 1 unspecified atom stereocenters. The summed E-state index contributed by atoms with van der Waals surface area (Å²) in [5.74, 6) is -0.628. The average molecular weight is 649 g/mol. The molecule has 0 saturated heterocycles. The number of carbonyl (C=O) groups is 2. The Kier molecular flexibility index (Phi) is 37.0. The van der Waals surface area contributed by atoms with Gasteiger partial charge in [0, 0.05) is 12.8 Å². The minimum atomic E-state index is -0.666. The Balaban J connectivity index is 3.85. The van der Waals surface area contributed by atoms with Gasteiger partial charge in [-0.2, -0.15) is 0 Å². The van der Waals surface area contributed by atoms with E-state index in [0.29, 0.717) is 12.8 Å². The van der Waals surface area contributed by atoms with Crippen LogP contribution in [-0.4, -0.2) is 23.1 Å². The third-order valence-electron chi connectivity index (χ3n) is 9.49. The highest BCUT2D eigenvalue weighted by Gasteiger charge is 2.14. The van der Waals surface area contributed by atoms with Gasteiger partial charge in [-0.25, -0.2) is 0 Å². The van der Waals surface area contributed by atoms with E-state index in [2.05, 4.69) is 26.0 Å². The maximum atomic E-state index is 12.6. The van der Waals surface area contributed by atoms with Crippen LogP contribution in [0.2, 0.25) is 0 Å². The van der Waals surface area contributed by atoms with Gasteiger partial charge in [-0.15, -0.1) is 0 Å². The molecule has 0 heterocycles. The van der Waals surface area contributed by atoms with E-state index in [9.17, 15) is 9.59 Å². The first-order chi connectivity index (χ1) is 22.6. The molecule has 0 spiro atoms. The molecule has 0 amide bonds. The topological polar surface area (TPSA) is 63.6 Å². The largest absolute Gasteiger partial charge is 0.481 e. The van der Waals surface area contributed by atoms with Crippen LogP contribution in [0.25, 0.3) is 0 Å². The van der Waals surface area contributed by atoms with Crippen LogP contribution in [0.15, 0.2) is 12.2 Å². The second-order valence-corrected chi connectivity index (χ2v) is 14.2. The van der Waals surface area contributed by atoms with E-state index in [-0.39, 0.29) is 12.1 Å². The van der Waals surface area contributed by atoms with Crippen molar-refractivity contribution in [3.63, 3.8) is 0 Å². The molecule has 0 saturated carbocycles. The van der Waals surface area contributed by atoms with Gasteiger partial charge in [0.25, 0.3) is 0 Å². The van der Waals surface area contributed by atoms with Gasteiger partial charge in [0.15, 0.2) is 0 Å². The van der Waals surface area contributed by atoms with Crippen LogP contribution < -0.4 is 0 Å². The summed E-state index contributed by atoms with van der Waals surface area (Å²) in [6, 6.07) is 0. The molecule has 0 rings (SSSR count). The first kappa shape index (κ1) is 44.7. The van der Waals surface area contributed by atoms with Crippen LogP contribution in [0.4, 0.5) is 0 Å². The predicted octanol–water partition coefficient (Wildman–Crippen LogP) is 14.2. The molecule has 0 aromatic heterocycles. The van der Waals surface area contributed by atoms with Crippen molar-refractivity contribution in [1.82, 2.24) is 0 Å². The summed E-state index contributed by atoms with van der Waals surface area (Å²) in [5.41, 5.74) is 0. The molecule has 0 fully saturated rings. The Hall–Kier alpha value is -1.32. The lowest BCUT2D eigenvalue weighted by Gasteiger charge is -2.18. The lowest BCUT2D eigenvalue weighted by molar-refractivity contribution is -0.150. The lowest BCUT2D eigenvalue weighted by atomic mass is 10.0. The number of unbranched alkanes of at least 4 members (excludes halogenated alkanes) is 27. The maximum absolute atomic E-state index is 12.6. The van der Waals surface area contributed by atoms with Crippen LogP contribution in [0.3, 0.4) is 0 Å². The highest BCUT2D eigenvalue weighted by atomic mass is 16.5. The van der Waals surface area contributed by atoms with Gasteiger partial charge in [-0.1, -0.05) is 174 Å². The van der Waals surface area contributed by atoms with Gasteiger partial charge in [0.05, 0.1) is 0 Å². The van der Waals surface area contributed by atoms with Crippen molar-refractivity contribution >= 4 is 11.9 Å². The van der Waals surface area contributed by atoms with Gasteiger partial charge in [-0.05, 0) is 64.2 Å². The van der Waals surface area contributed by atoms with E-state index in [1.54, 1.807) is 0 Å². The molecule has 272 valence electrons. The number of hydrogen-bond donors (Lipinski definition) is 1. The van der Waals surface area contributed by atoms with Crippen LogP contribution in [0.5, 0.6) is 0 Å². The van der Waals surface area contributed by atoms with Crippen LogP contribution in [-0.2, 0) is 14.3 Å². The number of hydrogen-bond acceptors (Lipinski definition) is 3. The average Bonchev–Trinajstić information content (AvgIpc) is 3.04. The number of carbonyl (C=O) groups excluding carboxylic acids is 1. The third-order valence-corrected chi connectivity index (χ3v) is 9.49. The number of ether oxygens (including phenoxy) is 1. The quantitative estimate of drug-likeness (QED) is 0.0411. The zero-order valence-electron chi connectivity index (χ0n) is 31.2. The van der Waals surface area contributed by atoms with Crippen molar-refractivity contribution < 1.29 is 19.4 Å². The van der Waals surface area contributed by atoms with Crippen molar-refractivity contribution in [3.8, 4) is 0 Å². The van der Waals surface area contributed by atoms with Crippen molar-refractivity contribution in [2.75, 3.05) is 0 Å². The van der Waals surface area contributed by atoms with Gasteiger partial charge >= 0.3 is 11.9 Å². The zero-order valence-corrected chi connectivity index (χ0v) is 31.2. The number of rotatable bonds is 38. The molecule has 4 nitrogen and oxygen atoms in total. The summed E-state index contributed by atoms with van der Waals surface area (Å²) in [7, 11) is 0. The summed E-state index contributed by atoms with van der Waals surface area (Å²) < 4.78 is 6.03. The molecule has 1 N–H and O–H groups in total. The fraction of sp³-hybridized carbons (Fsp3) is 0.905. The lowest BCUT2D eigenvalue weighted by Crippen LogP contribution is -2.18. The molecule has 0 aromatic rings. The second-order valence-electron chi connectivity index (χ2n) is 14.2. The fourth-order valence-electron chi connectivity index (χ4n) is 6.42. The maximum Gasteiger partial charge on any atom is 0.306 e. The summed E-state index contributed by atoms with van der Waals surface area (Å²) in [5, 5.41) is 8.69. The van der Waals surface area contributed by atoms with Gasteiger partial charge < -0.3 is 9.84 Å². The molecule has 0 radical (unpaired) electrons. The summed E-state index contributed by atoms with van der Waals surface area (Å²) in [6.07, 6.45) is 46.9. The van der Waals surface area contributed by atoms with Gasteiger partial charge in [-0.3, -0.25) is 9.59 Å². The monoisotopic (exact) mass is 649 g/mol. The molecule has 0 aliphatic rings. The number of carboxylic acid groups (broad SMARTS) is 1. The number of aliphatic carboxylic acids is 1. The predicted molar refractivity (Wildman–Crippen MR) is 200 cm³/mol. The van der Waals surface area contributed by atoms with E-state index in [1.165, 1.54) is 173 Å². The molecule has 4 heteroatoms.